The summed E-state index contributed by atoms with van der Waals surface area (Å²) in [5, 5.41) is 16.2. The van der Waals surface area contributed by atoms with Crippen LogP contribution in [0.25, 0.3) is 0 Å². The fourth-order valence-electron chi connectivity index (χ4n) is 3.49. The van der Waals surface area contributed by atoms with Gasteiger partial charge in [-0.3, -0.25) is 4.99 Å². The lowest BCUT2D eigenvalue weighted by Gasteiger charge is -2.27. The molecule has 1 fully saturated rings. The van der Waals surface area contributed by atoms with E-state index >= 15 is 0 Å². The van der Waals surface area contributed by atoms with Crippen LogP contribution in [-0.2, 0) is 4.74 Å². The van der Waals surface area contributed by atoms with Crippen molar-refractivity contribution < 1.29 is 14.6 Å². The Balaban J connectivity index is 2.04. The van der Waals surface area contributed by atoms with Gasteiger partial charge < -0.3 is 30.1 Å². The summed E-state index contributed by atoms with van der Waals surface area (Å²) in [5.41, 5.74) is 1.17. The van der Waals surface area contributed by atoms with Crippen LogP contribution < -0.4 is 15.4 Å². The number of aliphatic hydroxyl groups is 1. The van der Waals surface area contributed by atoms with Crippen molar-refractivity contribution in [3.63, 3.8) is 0 Å². The molecule has 158 valence electrons. The normalized spacial score (nSPS) is 21.0. The van der Waals surface area contributed by atoms with Gasteiger partial charge in [-0.05, 0) is 51.6 Å². The van der Waals surface area contributed by atoms with Gasteiger partial charge in [0.15, 0.2) is 5.96 Å². The standard InChI is InChI=1S/C21H36N4O3/c1-5-22-20(24-15-21(10-12-26)11-13-28-16-21)23-14-19(25(2)3)17-6-8-18(27-4)9-7-17/h6-9,19,26H,5,10-16H2,1-4H3,(H2,22,23,24). The lowest BCUT2D eigenvalue weighted by Crippen LogP contribution is -2.42. The fourth-order valence-corrected chi connectivity index (χ4v) is 3.49. The maximum atomic E-state index is 9.41. The Labute approximate surface area is 169 Å². The van der Waals surface area contributed by atoms with Crippen LogP contribution in [0.5, 0.6) is 5.75 Å². The molecule has 0 aromatic heterocycles. The fraction of sp³-hybridized carbons (Fsp3) is 0.667. The number of ether oxygens (including phenoxy) is 2. The molecule has 1 heterocycles. The van der Waals surface area contributed by atoms with Gasteiger partial charge >= 0.3 is 0 Å². The Morgan fingerprint density at radius 2 is 2.07 bits per heavy atom. The molecule has 28 heavy (non-hydrogen) atoms. The monoisotopic (exact) mass is 392 g/mol. The zero-order valence-corrected chi connectivity index (χ0v) is 17.7. The Morgan fingerprint density at radius 1 is 1.32 bits per heavy atom. The highest BCUT2D eigenvalue weighted by Crippen LogP contribution is 2.32. The van der Waals surface area contributed by atoms with E-state index in [4.69, 9.17) is 14.5 Å². The number of guanidine groups is 1. The summed E-state index contributed by atoms with van der Waals surface area (Å²) in [4.78, 5) is 6.99. The van der Waals surface area contributed by atoms with E-state index in [0.717, 1.165) is 44.2 Å². The first-order chi connectivity index (χ1) is 13.5. The average Bonchev–Trinajstić information content (AvgIpc) is 3.15. The minimum absolute atomic E-state index is 0.0476. The van der Waals surface area contributed by atoms with Gasteiger partial charge in [-0.15, -0.1) is 0 Å². The van der Waals surface area contributed by atoms with Crippen LogP contribution in [0.2, 0.25) is 0 Å². The molecule has 0 spiro atoms. The number of benzene rings is 1. The second-order valence-corrected chi connectivity index (χ2v) is 7.60. The van der Waals surface area contributed by atoms with E-state index in [1.54, 1.807) is 7.11 Å². The lowest BCUT2D eigenvalue weighted by molar-refractivity contribution is 0.131. The molecule has 1 saturated heterocycles. The first-order valence-electron chi connectivity index (χ1n) is 10.0. The molecular formula is C21H36N4O3. The lowest BCUT2D eigenvalue weighted by atomic mass is 9.84. The minimum atomic E-state index is -0.0476. The van der Waals surface area contributed by atoms with Gasteiger partial charge in [0, 0.05) is 31.7 Å². The van der Waals surface area contributed by atoms with Crippen molar-refractivity contribution >= 4 is 5.96 Å². The summed E-state index contributed by atoms with van der Waals surface area (Å²) in [6, 6.07) is 8.38. The van der Waals surface area contributed by atoms with Gasteiger partial charge in [0.05, 0.1) is 26.3 Å². The number of aliphatic imine (C=N–C) groups is 1. The molecule has 0 radical (unpaired) electrons. The molecule has 1 aromatic carbocycles. The quantitative estimate of drug-likeness (QED) is 0.415. The van der Waals surface area contributed by atoms with Crippen LogP contribution in [0.4, 0.5) is 0 Å². The van der Waals surface area contributed by atoms with Gasteiger partial charge in [0.2, 0.25) is 0 Å². The zero-order valence-electron chi connectivity index (χ0n) is 17.7. The predicted molar refractivity (Wildman–Crippen MR) is 113 cm³/mol. The van der Waals surface area contributed by atoms with Crippen molar-refractivity contribution in [2.24, 2.45) is 10.4 Å². The number of hydrogen-bond acceptors (Lipinski definition) is 5. The number of rotatable bonds is 10. The summed E-state index contributed by atoms with van der Waals surface area (Å²) in [6.07, 6.45) is 1.67. The third-order valence-corrected chi connectivity index (χ3v) is 5.33. The van der Waals surface area contributed by atoms with Crippen LogP contribution in [0, 0.1) is 5.41 Å². The number of hydrogen-bond donors (Lipinski definition) is 3. The number of likely N-dealkylation sites (N-methyl/N-ethyl adjacent to an activating group) is 1. The summed E-state index contributed by atoms with van der Waals surface area (Å²) in [5.74, 6) is 1.66. The first-order valence-corrected chi connectivity index (χ1v) is 10.0. The highest BCUT2D eigenvalue weighted by atomic mass is 16.5. The first kappa shape index (κ1) is 22.5. The highest BCUT2D eigenvalue weighted by molar-refractivity contribution is 5.79. The largest absolute Gasteiger partial charge is 0.497 e. The molecule has 2 rings (SSSR count). The van der Waals surface area contributed by atoms with E-state index in [1.165, 1.54) is 5.56 Å². The number of nitrogens with zero attached hydrogens (tertiary/aromatic N) is 2. The zero-order chi connectivity index (χ0) is 20.4. The van der Waals surface area contributed by atoms with Crippen molar-refractivity contribution in [3.05, 3.63) is 29.8 Å². The smallest absolute Gasteiger partial charge is 0.191 e. The van der Waals surface area contributed by atoms with Crippen LogP contribution in [-0.4, -0.2) is 76.6 Å². The molecule has 7 heteroatoms. The van der Waals surface area contributed by atoms with Crippen LogP contribution in [0.1, 0.15) is 31.4 Å². The summed E-state index contributed by atoms with van der Waals surface area (Å²) in [6.45, 7) is 5.83. The summed E-state index contributed by atoms with van der Waals surface area (Å²) < 4.78 is 10.8. The molecule has 7 nitrogen and oxygen atoms in total. The number of aliphatic hydroxyl groups excluding tert-OH is 1. The molecule has 1 aliphatic heterocycles. The molecule has 0 saturated carbocycles. The van der Waals surface area contributed by atoms with E-state index in [1.807, 2.05) is 12.1 Å². The Bertz CT molecular complexity index is 598. The van der Waals surface area contributed by atoms with Gasteiger partial charge in [0.1, 0.15) is 5.75 Å². The Morgan fingerprint density at radius 3 is 2.61 bits per heavy atom. The molecule has 1 aromatic rings. The van der Waals surface area contributed by atoms with E-state index in [2.05, 4.69) is 48.7 Å². The third-order valence-electron chi connectivity index (χ3n) is 5.33. The van der Waals surface area contributed by atoms with E-state index in [-0.39, 0.29) is 18.1 Å². The van der Waals surface area contributed by atoms with Gasteiger partial charge in [-0.1, -0.05) is 12.1 Å². The SMILES string of the molecule is CCNC(=NCC1(CCO)CCOC1)NCC(c1ccc(OC)cc1)N(C)C. The van der Waals surface area contributed by atoms with E-state index < -0.39 is 0 Å². The van der Waals surface area contributed by atoms with Crippen molar-refractivity contribution in [2.45, 2.75) is 25.8 Å². The molecule has 0 bridgehead atoms. The Hall–Kier alpha value is -1.83. The van der Waals surface area contributed by atoms with Crippen molar-refractivity contribution in [1.82, 2.24) is 15.5 Å². The topological polar surface area (TPSA) is 78.4 Å². The van der Waals surface area contributed by atoms with Crippen molar-refractivity contribution in [1.29, 1.82) is 0 Å². The molecule has 0 aliphatic carbocycles. The van der Waals surface area contributed by atoms with Gasteiger partial charge in [0.25, 0.3) is 0 Å². The molecule has 2 atom stereocenters. The highest BCUT2D eigenvalue weighted by Gasteiger charge is 2.34. The van der Waals surface area contributed by atoms with Crippen molar-refractivity contribution in [3.8, 4) is 5.75 Å². The third kappa shape index (κ3) is 6.36. The summed E-state index contributed by atoms with van der Waals surface area (Å²) >= 11 is 0. The molecule has 3 N–H and O–H groups in total. The maximum absolute atomic E-state index is 9.41. The molecular weight excluding hydrogens is 356 g/mol. The van der Waals surface area contributed by atoms with E-state index in [9.17, 15) is 5.11 Å². The summed E-state index contributed by atoms with van der Waals surface area (Å²) in [7, 11) is 5.83. The second-order valence-electron chi connectivity index (χ2n) is 7.60. The predicted octanol–water partition coefficient (Wildman–Crippen LogP) is 1.64. The number of nitrogens with one attached hydrogen (secondary N) is 2. The molecule has 1 aliphatic rings. The molecule has 0 amide bonds. The second kappa shape index (κ2) is 11.2. The van der Waals surface area contributed by atoms with Crippen LogP contribution in [0.15, 0.2) is 29.3 Å². The van der Waals surface area contributed by atoms with Gasteiger partial charge in [-0.25, -0.2) is 0 Å². The number of methoxy groups -OCH3 is 1. The average molecular weight is 393 g/mol. The Kier molecular flexibility index (Phi) is 9.02. The van der Waals surface area contributed by atoms with Gasteiger partial charge in [-0.2, -0.15) is 0 Å². The van der Waals surface area contributed by atoms with Crippen LogP contribution >= 0.6 is 0 Å². The van der Waals surface area contributed by atoms with Crippen molar-refractivity contribution in [2.75, 3.05) is 60.7 Å². The van der Waals surface area contributed by atoms with Crippen LogP contribution in [0.3, 0.4) is 0 Å². The minimum Gasteiger partial charge on any atom is -0.497 e. The van der Waals surface area contributed by atoms with E-state index in [0.29, 0.717) is 13.2 Å². The molecule has 2 unspecified atom stereocenters. The maximum Gasteiger partial charge on any atom is 0.191 e.